The first-order valence-corrected chi connectivity index (χ1v) is 14.8. The van der Waals surface area contributed by atoms with Crippen LogP contribution in [-0.2, 0) is 14.4 Å². The maximum Gasteiger partial charge on any atom is 0.353 e. The van der Waals surface area contributed by atoms with Crippen molar-refractivity contribution in [2.24, 2.45) is 0 Å². The Balaban J connectivity index is 1.36. The molecule has 1 aromatic carbocycles. The molecule has 16 heteroatoms. The summed E-state index contributed by atoms with van der Waals surface area (Å²) in [5.41, 5.74) is 11.8. The molecule has 2 aliphatic rings. The molecule has 2 unspecified atom stereocenters. The first-order valence-electron chi connectivity index (χ1n) is 10.1. The first-order chi connectivity index (χ1) is 17.2. The van der Waals surface area contributed by atoms with E-state index in [0.717, 1.165) is 0 Å². The van der Waals surface area contributed by atoms with Gasteiger partial charge < -0.3 is 21.9 Å². The minimum Gasteiger partial charge on any atom is -0.477 e. The number of β-lactam (4-membered cyclic amide) rings is 1. The molecule has 2 amide bonds. The van der Waals surface area contributed by atoms with Crippen molar-refractivity contribution in [2.75, 3.05) is 28.1 Å². The summed E-state index contributed by atoms with van der Waals surface area (Å²) in [5, 5.41) is 13.9. The van der Waals surface area contributed by atoms with E-state index in [9.17, 15) is 19.5 Å². The molecule has 4 rings (SSSR count). The monoisotopic (exact) mass is 604 g/mol. The SMILES string of the molecule is Nc1ncnc(SCSC2=C(C(=O)O)N3C(=O)C(NC(=O)CSc4cc(Cl)ccc4Cl)C3SC2)c1N. The summed E-state index contributed by atoms with van der Waals surface area (Å²) in [4.78, 5) is 47.7. The van der Waals surface area contributed by atoms with Gasteiger partial charge in [0.05, 0.1) is 10.8 Å². The second-order valence-electron chi connectivity index (χ2n) is 7.28. The second-order valence-corrected chi connectivity index (χ2v) is 12.6. The van der Waals surface area contributed by atoms with Gasteiger partial charge in [0.15, 0.2) is 5.82 Å². The minimum absolute atomic E-state index is 0.0257. The van der Waals surface area contributed by atoms with Crippen molar-refractivity contribution in [3.05, 3.63) is 45.2 Å². The van der Waals surface area contributed by atoms with Gasteiger partial charge in [0, 0.05) is 25.7 Å². The number of aromatic nitrogens is 2. The number of carbonyl (C=O) groups is 3. The molecule has 1 saturated heterocycles. The van der Waals surface area contributed by atoms with Gasteiger partial charge >= 0.3 is 5.97 Å². The number of aliphatic carboxylic acids is 1. The van der Waals surface area contributed by atoms with Gasteiger partial charge in [-0.25, -0.2) is 14.8 Å². The van der Waals surface area contributed by atoms with Gasteiger partial charge in [0.25, 0.3) is 5.91 Å². The largest absolute Gasteiger partial charge is 0.477 e. The highest BCUT2D eigenvalue weighted by Gasteiger charge is 2.54. The molecule has 2 atom stereocenters. The van der Waals surface area contributed by atoms with Crippen LogP contribution in [0.1, 0.15) is 0 Å². The van der Waals surface area contributed by atoms with Gasteiger partial charge in [-0.15, -0.1) is 35.3 Å². The lowest BCUT2D eigenvalue weighted by molar-refractivity contribution is -0.150. The number of amides is 2. The molecule has 3 heterocycles. The van der Waals surface area contributed by atoms with E-state index in [4.69, 9.17) is 34.7 Å². The van der Waals surface area contributed by atoms with Crippen LogP contribution in [-0.4, -0.2) is 65.8 Å². The Morgan fingerprint density at radius 2 is 2.00 bits per heavy atom. The molecule has 0 radical (unpaired) electrons. The number of nitrogens with two attached hydrogens (primary N) is 2. The summed E-state index contributed by atoms with van der Waals surface area (Å²) in [6.07, 6.45) is 1.30. The average Bonchev–Trinajstić information content (AvgIpc) is 2.85. The summed E-state index contributed by atoms with van der Waals surface area (Å²) in [6, 6.07) is 4.14. The van der Waals surface area contributed by atoms with E-state index in [-0.39, 0.29) is 28.9 Å². The van der Waals surface area contributed by atoms with Crippen LogP contribution in [0.5, 0.6) is 0 Å². The van der Waals surface area contributed by atoms with Gasteiger partial charge in [-0.2, -0.15) is 0 Å². The number of hydrogen-bond donors (Lipinski definition) is 4. The fourth-order valence-electron chi connectivity index (χ4n) is 3.31. The predicted octanol–water partition coefficient (Wildman–Crippen LogP) is 3.22. The highest BCUT2D eigenvalue weighted by atomic mass is 35.5. The fourth-order valence-corrected chi connectivity index (χ4v) is 8.30. The maximum absolute atomic E-state index is 12.8. The van der Waals surface area contributed by atoms with E-state index in [0.29, 0.717) is 35.7 Å². The van der Waals surface area contributed by atoms with Crippen molar-refractivity contribution >= 4 is 99.5 Å². The molecule has 36 heavy (non-hydrogen) atoms. The van der Waals surface area contributed by atoms with Crippen LogP contribution in [0.15, 0.2) is 45.1 Å². The van der Waals surface area contributed by atoms with Crippen molar-refractivity contribution in [3.63, 3.8) is 0 Å². The first kappa shape index (κ1) is 27.1. The number of benzene rings is 1. The number of hydrogen-bond acceptors (Lipinski definition) is 11. The molecular weight excluding hydrogens is 587 g/mol. The van der Waals surface area contributed by atoms with Crippen LogP contribution < -0.4 is 16.8 Å². The van der Waals surface area contributed by atoms with Gasteiger partial charge in [0.1, 0.15) is 34.2 Å². The lowest BCUT2D eigenvalue weighted by Gasteiger charge is -2.49. The molecular formula is C20H18Cl2N6O4S4. The Morgan fingerprint density at radius 1 is 1.22 bits per heavy atom. The van der Waals surface area contributed by atoms with E-state index in [1.165, 1.54) is 58.3 Å². The van der Waals surface area contributed by atoms with Crippen LogP contribution >= 0.6 is 70.2 Å². The predicted molar refractivity (Wildman–Crippen MR) is 146 cm³/mol. The standard InChI is InChI=1S/C20H18Cl2N6O4S4/c21-8-1-2-9(22)10(3-8)33-5-12(29)27-14-18(30)28-15(20(31)32)11(4-34-19(14)28)35-7-36-17-13(23)16(24)25-6-26-17/h1-3,6,14,19H,4-5,7,23H2,(H,27,29)(H,31,32)(H2,24,25,26). The third-order valence-corrected chi connectivity index (χ3v) is 10.4. The fraction of sp³-hybridized carbons (Fsp3) is 0.250. The quantitative estimate of drug-likeness (QED) is 0.143. The molecule has 2 aliphatic heterocycles. The zero-order chi connectivity index (χ0) is 26.0. The number of thioether (sulfide) groups is 4. The number of nitrogens with one attached hydrogen (secondary N) is 1. The van der Waals surface area contributed by atoms with Crippen molar-refractivity contribution in [2.45, 2.75) is 21.3 Å². The number of carbonyl (C=O) groups excluding carboxylic acids is 2. The van der Waals surface area contributed by atoms with Crippen molar-refractivity contribution in [1.82, 2.24) is 20.2 Å². The molecule has 0 bridgehead atoms. The molecule has 10 nitrogen and oxygen atoms in total. The number of anilines is 2. The third kappa shape index (κ3) is 5.78. The van der Waals surface area contributed by atoms with E-state index in [1.54, 1.807) is 18.2 Å². The Morgan fingerprint density at radius 3 is 2.75 bits per heavy atom. The summed E-state index contributed by atoms with van der Waals surface area (Å²) in [6.45, 7) is 0. The van der Waals surface area contributed by atoms with E-state index in [2.05, 4.69) is 15.3 Å². The molecule has 190 valence electrons. The molecule has 1 fully saturated rings. The number of rotatable bonds is 9. The van der Waals surface area contributed by atoms with E-state index in [1.807, 2.05) is 0 Å². The number of nitrogen functional groups attached to an aromatic ring is 2. The number of fused-ring (bicyclic) bond motifs is 1. The summed E-state index contributed by atoms with van der Waals surface area (Å²) in [5.74, 6) is -1.47. The topological polar surface area (TPSA) is 165 Å². The Labute approximate surface area is 232 Å². The van der Waals surface area contributed by atoms with Crippen molar-refractivity contribution < 1.29 is 19.5 Å². The van der Waals surface area contributed by atoms with E-state index < -0.39 is 23.3 Å². The van der Waals surface area contributed by atoms with Crippen LogP contribution in [0.3, 0.4) is 0 Å². The van der Waals surface area contributed by atoms with Gasteiger partial charge in [-0.05, 0) is 18.2 Å². The lowest BCUT2D eigenvalue weighted by Crippen LogP contribution is -2.70. The molecule has 0 aliphatic carbocycles. The number of carboxylic acid groups (broad SMARTS) is 1. The van der Waals surface area contributed by atoms with Crippen LogP contribution in [0.2, 0.25) is 10.0 Å². The summed E-state index contributed by atoms with van der Waals surface area (Å²) < 4.78 is 0. The summed E-state index contributed by atoms with van der Waals surface area (Å²) >= 11 is 17.3. The molecule has 6 N–H and O–H groups in total. The second kappa shape index (κ2) is 11.6. The smallest absolute Gasteiger partial charge is 0.353 e. The Hall–Kier alpha value is -1.97. The van der Waals surface area contributed by atoms with Crippen LogP contribution in [0.25, 0.3) is 0 Å². The van der Waals surface area contributed by atoms with Gasteiger partial charge in [0.2, 0.25) is 5.91 Å². The highest BCUT2D eigenvalue weighted by molar-refractivity contribution is 8.18. The molecule has 1 aromatic heterocycles. The number of carboxylic acids is 1. The summed E-state index contributed by atoms with van der Waals surface area (Å²) in [7, 11) is 0. The average molecular weight is 606 g/mol. The van der Waals surface area contributed by atoms with Gasteiger partial charge in [-0.1, -0.05) is 35.0 Å². The Bertz CT molecular complexity index is 1270. The zero-order valence-electron chi connectivity index (χ0n) is 18.1. The van der Waals surface area contributed by atoms with Crippen molar-refractivity contribution in [1.29, 1.82) is 0 Å². The molecule has 0 spiro atoms. The number of nitrogens with zero attached hydrogens (tertiary/aromatic N) is 3. The van der Waals surface area contributed by atoms with Crippen molar-refractivity contribution in [3.8, 4) is 0 Å². The highest BCUT2D eigenvalue weighted by Crippen LogP contribution is 2.44. The molecule has 0 saturated carbocycles. The molecule has 2 aromatic rings. The zero-order valence-corrected chi connectivity index (χ0v) is 22.9. The Kier molecular flexibility index (Phi) is 8.73. The van der Waals surface area contributed by atoms with Gasteiger partial charge in [-0.3, -0.25) is 14.5 Å². The minimum atomic E-state index is -1.21. The normalized spacial score (nSPS) is 19.1. The van der Waals surface area contributed by atoms with Crippen LogP contribution in [0.4, 0.5) is 11.5 Å². The third-order valence-electron chi connectivity index (χ3n) is 5.01. The lowest BCUT2D eigenvalue weighted by atomic mass is 10.1. The maximum atomic E-state index is 12.8. The van der Waals surface area contributed by atoms with Crippen LogP contribution in [0, 0.1) is 0 Å². The number of halogens is 2. The van der Waals surface area contributed by atoms with E-state index >= 15 is 0 Å².